The van der Waals surface area contributed by atoms with Crippen LogP contribution in [0.25, 0.3) is 0 Å². The molecular formula is C19H21F2N3O2. The second kappa shape index (κ2) is 7.37. The number of halogens is 2. The van der Waals surface area contributed by atoms with Gasteiger partial charge in [-0.2, -0.15) is 0 Å². The third-order valence-electron chi connectivity index (χ3n) is 4.84. The molecule has 1 fully saturated rings. The van der Waals surface area contributed by atoms with Crippen LogP contribution in [0.2, 0.25) is 0 Å². The van der Waals surface area contributed by atoms with Gasteiger partial charge in [-0.05, 0) is 43.7 Å². The molecular weight excluding hydrogens is 340 g/mol. The molecule has 1 aliphatic heterocycles. The molecule has 3 rings (SSSR count). The van der Waals surface area contributed by atoms with E-state index in [2.05, 4.69) is 4.98 Å². The second-order valence-electron chi connectivity index (χ2n) is 6.65. The molecule has 3 atom stereocenters. The summed E-state index contributed by atoms with van der Waals surface area (Å²) in [6.07, 6.45) is 0.558. The first-order valence-corrected chi connectivity index (χ1v) is 8.49. The lowest BCUT2D eigenvalue weighted by molar-refractivity contribution is 0.0263. The van der Waals surface area contributed by atoms with E-state index in [4.69, 9.17) is 0 Å². The van der Waals surface area contributed by atoms with Gasteiger partial charge in [-0.25, -0.2) is 13.6 Å². The Bertz CT molecular complexity index is 785. The van der Waals surface area contributed by atoms with E-state index in [1.54, 1.807) is 12.1 Å². The Kier molecular flexibility index (Phi) is 5.18. The first-order valence-electron chi connectivity index (χ1n) is 8.49. The van der Waals surface area contributed by atoms with E-state index in [1.807, 2.05) is 18.7 Å². The predicted octanol–water partition coefficient (Wildman–Crippen LogP) is 3.52. The van der Waals surface area contributed by atoms with Gasteiger partial charge in [0, 0.05) is 31.4 Å². The van der Waals surface area contributed by atoms with Crippen LogP contribution >= 0.6 is 0 Å². The number of aromatic nitrogens is 1. The highest BCUT2D eigenvalue weighted by Crippen LogP contribution is 2.33. The number of hydrogen-bond acceptors (Lipinski definition) is 3. The molecule has 1 aliphatic rings. The number of hydrogen-bond donors (Lipinski definition) is 1. The molecule has 1 aromatic carbocycles. The van der Waals surface area contributed by atoms with Gasteiger partial charge in [0.1, 0.15) is 11.6 Å². The first kappa shape index (κ1) is 18.3. The van der Waals surface area contributed by atoms with Crippen molar-refractivity contribution in [2.45, 2.75) is 32.0 Å². The molecule has 2 heterocycles. The van der Waals surface area contributed by atoms with Crippen molar-refractivity contribution >= 4 is 6.09 Å². The number of benzene rings is 1. The molecule has 1 amide bonds. The van der Waals surface area contributed by atoms with E-state index in [-0.39, 0.29) is 23.6 Å². The Balaban J connectivity index is 2.02. The Hall–Kier alpha value is -2.54. The Morgan fingerprint density at radius 2 is 1.85 bits per heavy atom. The molecule has 0 bridgehead atoms. The maximum Gasteiger partial charge on any atom is 0.407 e. The Morgan fingerprint density at radius 1 is 1.15 bits per heavy atom. The summed E-state index contributed by atoms with van der Waals surface area (Å²) < 4.78 is 27.9. The molecule has 1 unspecified atom stereocenters. The average Bonchev–Trinajstić information content (AvgIpc) is 2.60. The fourth-order valence-corrected chi connectivity index (χ4v) is 3.53. The van der Waals surface area contributed by atoms with E-state index < -0.39 is 18.0 Å². The van der Waals surface area contributed by atoms with Gasteiger partial charge in [0.05, 0.1) is 11.7 Å². The molecule has 7 heteroatoms. The molecule has 0 radical (unpaired) electrons. The highest BCUT2D eigenvalue weighted by atomic mass is 19.1. The van der Waals surface area contributed by atoms with Crippen LogP contribution in [-0.4, -0.2) is 51.2 Å². The van der Waals surface area contributed by atoms with Crippen LogP contribution < -0.4 is 0 Å². The van der Waals surface area contributed by atoms with E-state index in [0.29, 0.717) is 18.7 Å². The number of carbonyl (C=O) groups is 1. The molecule has 26 heavy (non-hydrogen) atoms. The number of rotatable bonds is 3. The second-order valence-corrected chi connectivity index (χ2v) is 6.65. The molecule has 2 aromatic rings. The molecule has 5 nitrogen and oxygen atoms in total. The van der Waals surface area contributed by atoms with Crippen LogP contribution in [0.1, 0.15) is 31.1 Å². The van der Waals surface area contributed by atoms with Crippen molar-refractivity contribution in [1.82, 2.24) is 14.8 Å². The minimum Gasteiger partial charge on any atom is -0.465 e. The lowest BCUT2D eigenvalue weighted by Crippen LogP contribution is -2.58. The zero-order valence-corrected chi connectivity index (χ0v) is 14.6. The summed E-state index contributed by atoms with van der Waals surface area (Å²) in [5.74, 6) is -0.812. The van der Waals surface area contributed by atoms with Gasteiger partial charge >= 0.3 is 6.09 Å². The van der Waals surface area contributed by atoms with Gasteiger partial charge in [-0.15, -0.1) is 0 Å². The first-order chi connectivity index (χ1) is 12.4. The number of amides is 1. The zero-order valence-electron chi connectivity index (χ0n) is 14.6. The SMILES string of the molecule is C[C@@H]1CN(C(=O)O)[C@@H](C)CN1C(c1ccc(F)cc1)c1ncccc1F. The van der Waals surface area contributed by atoms with Crippen molar-refractivity contribution in [3.05, 3.63) is 65.5 Å². The van der Waals surface area contributed by atoms with Crippen LogP contribution in [0.5, 0.6) is 0 Å². The maximum atomic E-state index is 14.5. The van der Waals surface area contributed by atoms with Gasteiger partial charge in [0.25, 0.3) is 0 Å². The lowest BCUT2D eigenvalue weighted by atomic mass is 9.96. The molecule has 1 aromatic heterocycles. The van der Waals surface area contributed by atoms with E-state index in [0.717, 1.165) is 0 Å². The highest BCUT2D eigenvalue weighted by Gasteiger charge is 2.38. The van der Waals surface area contributed by atoms with Crippen molar-refractivity contribution in [1.29, 1.82) is 0 Å². The average molecular weight is 361 g/mol. The third kappa shape index (κ3) is 3.53. The molecule has 0 saturated carbocycles. The number of nitrogens with zero attached hydrogens (tertiary/aromatic N) is 3. The summed E-state index contributed by atoms with van der Waals surface area (Å²) in [6.45, 7) is 4.46. The van der Waals surface area contributed by atoms with Crippen molar-refractivity contribution < 1.29 is 18.7 Å². The topological polar surface area (TPSA) is 56.7 Å². The van der Waals surface area contributed by atoms with Crippen molar-refractivity contribution in [3.63, 3.8) is 0 Å². The molecule has 1 N–H and O–H groups in total. The van der Waals surface area contributed by atoms with Crippen LogP contribution in [0.15, 0.2) is 42.6 Å². The van der Waals surface area contributed by atoms with Crippen LogP contribution in [-0.2, 0) is 0 Å². The largest absolute Gasteiger partial charge is 0.465 e. The van der Waals surface area contributed by atoms with Crippen LogP contribution in [0, 0.1) is 11.6 Å². The minimum atomic E-state index is -0.966. The monoisotopic (exact) mass is 361 g/mol. The smallest absolute Gasteiger partial charge is 0.407 e. The lowest BCUT2D eigenvalue weighted by Gasteiger charge is -2.46. The summed E-state index contributed by atoms with van der Waals surface area (Å²) in [7, 11) is 0. The van der Waals surface area contributed by atoms with Crippen molar-refractivity contribution in [3.8, 4) is 0 Å². The van der Waals surface area contributed by atoms with E-state index >= 15 is 0 Å². The van der Waals surface area contributed by atoms with Gasteiger partial charge < -0.3 is 10.0 Å². The Morgan fingerprint density at radius 3 is 2.46 bits per heavy atom. The summed E-state index contributed by atoms with van der Waals surface area (Å²) >= 11 is 0. The zero-order chi connectivity index (χ0) is 18.8. The Labute approximate surface area is 150 Å². The normalized spacial score (nSPS) is 22.2. The van der Waals surface area contributed by atoms with Crippen LogP contribution in [0.4, 0.5) is 13.6 Å². The fourth-order valence-electron chi connectivity index (χ4n) is 3.53. The summed E-state index contributed by atoms with van der Waals surface area (Å²) in [5.41, 5.74) is 0.966. The predicted molar refractivity (Wildman–Crippen MR) is 92.8 cm³/mol. The number of piperazine rings is 1. The summed E-state index contributed by atoms with van der Waals surface area (Å²) in [6, 6.07) is 7.86. The van der Waals surface area contributed by atoms with Gasteiger partial charge in [0.2, 0.25) is 0 Å². The van der Waals surface area contributed by atoms with E-state index in [9.17, 15) is 18.7 Å². The number of carboxylic acid groups (broad SMARTS) is 1. The standard InChI is InChI=1S/C19H21F2N3O2/c1-12-11-24(19(25)26)13(2)10-23(12)18(14-5-7-15(20)8-6-14)17-16(21)4-3-9-22-17/h3-9,12-13,18H,10-11H2,1-2H3,(H,25,26)/t12-,13+,18?/m1/s1. The van der Waals surface area contributed by atoms with E-state index in [1.165, 1.54) is 35.4 Å². The molecule has 138 valence electrons. The molecule has 0 aliphatic carbocycles. The quantitative estimate of drug-likeness (QED) is 0.909. The van der Waals surface area contributed by atoms with Crippen molar-refractivity contribution in [2.24, 2.45) is 0 Å². The third-order valence-corrected chi connectivity index (χ3v) is 4.84. The fraction of sp³-hybridized carbons (Fsp3) is 0.368. The van der Waals surface area contributed by atoms with Gasteiger partial charge in [-0.3, -0.25) is 9.88 Å². The van der Waals surface area contributed by atoms with Gasteiger partial charge in [0.15, 0.2) is 0 Å². The van der Waals surface area contributed by atoms with Gasteiger partial charge in [-0.1, -0.05) is 12.1 Å². The van der Waals surface area contributed by atoms with Crippen LogP contribution in [0.3, 0.4) is 0 Å². The van der Waals surface area contributed by atoms with Crippen molar-refractivity contribution in [2.75, 3.05) is 13.1 Å². The summed E-state index contributed by atoms with van der Waals surface area (Å²) in [4.78, 5) is 19.1. The number of pyridine rings is 1. The molecule has 1 saturated heterocycles. The molecule has 0 spiro atoms. The highest BCUT2D eigenvalue weighted by molar-refractivity contribution is 5.65. The maximum absolute atomic E-state index is 14.5. The summed E-state index contributed by atoms with van der Waals surface area (Å²) in [5, 5.41) is 9.35. The minimum absolute atomic E-state index is 0.154.